The third-order valence-electron chi connectivity index (χ3n) is 9.65. The minimum absolute atomic E-state index is 0.0948. The molecular formula is C31H49N9O7Si2. The van der Waals surface area contributed by atoms with Crippen molar-refractivity contribution in [3.05, 3.63) is 47.0 Å². The predicted octanol–water partition coefficient (Wildman–Crippen LogP) is 5.99. The normalized spacial score (nSPS) is 20.2. The summed E-state index contributed by atoms with van der Waals surface area (Å²) in [6.07, 6.45) is 0.429. The minimum atomic E-state index is -2.43. The number of fused-ring (bicyclic) bond motifs is 1. The van der Waals surface area contributed by atoms with E-state index in [4.69, 9.17) is 13.6 Å². The van der Waals surface area contributed by atoms with Crippen LogP contribution < -0.4 is 21.3 Å². The number of carbonyl (C=O) groups excluding carboxylic acids is 2. The number of anilines is 2. The van der Waals surface area contributed by atoms with E-state index >= 15 is 0 Å². The number of benzene rings is 1. The molecule has 0 aliphatic carbocycles. The molecule has 0 bridgehead atoms. The molecule has 4 amide bonds. The van der Waals surface area contributed by atoms with E-state index in [2.05, 4.69) is 104 Å². The van der Waals surface area contributed by atoms with E-state index in [-0.39, 0.29) is 34.2 Å². The van der Waals surface area contributed by atoms with Gasteiger partial charge < -0.3 is 29.5 Å². The number of non-ortho nitro benzene ring substituents is 1. The molecule has 0 unspecified atom stereocenters. The van der Waals surface area contributed by atoms with E-state index in [1.165, 1.54) is 30.6 Å². The maximum absolute atomic E-state index is 12.9. The summed E-state index contributed by atoms with van der Waals surface area (Å²) in [5, 5.41) is 21.5. The minimum Gasteiger partial charge on any atom is -0.408 e. The zero-order valence-corrected chi connectivity index (χ0v) is 32.1. The number of ether oxygens (including phenoxy) is 1. The first-order chi connectivity index (χ1) is 22.6. The summed E-state index contributed by atoms with van der Waals surface area (Å²) >= 11 is 0. The smallest absolute Gasteiger partial charge is 0.324 e. The van der Waals surface area contributed by atoms with E-state index in [9.17, 15) is 19.7 Å². The monoisotopic (exact) mass is 715 g/mol. The molecule has 1 saturated heterocycles. The van der Waals surface area contributed by atoms with Crippen molar-refractivity contribution in [2.24, 2.45) is 0 Å². The fraction of sp³-hybridized carbons (Fsp3) is 0.581. The van der Waals surface area contributed by atoms with Crippen molar-refractivity contribution < 1.29 is 28.1 Å². The average Bonchev–Trinajstić information content (AvgIpc) is 3.56. The number of nitrogens with one attached hydrogen (secondary N) is 4. The Hall–Kier alpha value is -3.98. The fourth-order valence-corrected chi connectivity index (χ4v) is 7.35. The van der Waals surface area contributed by atoms with Crippen LogP contribution in [-0.4, -0.2) is 85.0 Å². The molecule has 3 heterocycles. The summed E-state index contributed by atoms with van der Waals surface area (Å²) in [4.78, 5) is 49.0. The van der Waals surface area contributed by atoms with Gasteiger partial charge in [-0.05, 0) is 48.4 Å². The van der Waals surface area contributed by atoms with E-state index in [0.717, 1.165) is 0 Å². The van der Waals surface area contributed by atoms with E-state index in [1.54, 1.807) is 17.9 Å². The lowest BCUT2D eigenvalue weighted by atomic mass is 10.1. The van der Waals surface area contributed by atoms with Crippen molar-refractivity contribution in [3.63, 3.8) is 0 Å². The van der Waals surface area contributed by atoms with Gasteiger partial charge in [0.15, 0.2) is 39.8 Å². The molecule has 4 rings (SSSR count). The molecule has 4 N–H and O–H groups in total. The second-order valence-electron chi connectivity index (χ2n) is 15.1. The summed E-state index contributed by atoms with van der Waals surface area (Å²) < 4.78 is 22.7. The van der Waals surface area contributed by atoms with Crippen LogP contribution in [0.2, 0.25) is 36.3 Å². The summed E-state index contributed by atoms with van der Waals surface area (Å²) in [6, 6.07) is 4.48. The zero-order chi connectivity index (χ0) is 36.5. The third-order valence-corrected chi connectivity index (χ3v) is 18.6. The number of imidazole rings is 1. The van der Waals surface area contributed by atoms with E-state index in [1.807, 2.05) is 0 Å². The molecule has 0 saturated carbocycles. The quantitative estimate of drug-likeness (QED) is 0.110. The van der Waals surface area contributed by atoms with Crippen molar-refractivity contribution >= 4 is 57.1 Å². The molecule has 18 heteroatoms. The van der Waals surface area contributed by atoms with Gasteiger partial charge in [0.25, 0.3) is 5.69 Å². The molecule has 1 aromatic carbocycles. The van der Waals surface area contributed by atoms with Gasteiger partial charge in [0.2, 0.25) is 0 Å². The van der Waals surface area contributed by atoms with Crippen LogP contribution in [-0.2, 0) is 13.6 Å². The Bertz CT molecular complexity index is 1670. The number of nitro groups is 1. The van der Waals surface area contributed by atoms with Gasteiger partial charge in [0, 0.05) is 31.4 Å². The SMILES string of the molecule is CNC(=O)NC[C@H]1O[C@@H](n2cnc3c(NC(=O)Nc4ccc([N+](=O)[O-])cc4)ncnc32)[C@H](O[Si](C)(C)C(C)(C)C)[C@@H]1O[Si](C)(C)C(C)(C)C. The molecule has 1 fully saturated rings. The lowest BCUT2D eigenvalue weighted by molar-refractivity contribution is -0.384. The number of aromatic nitrogens is 4. The van der Waals surface area contributed by atoms with Crippen molar-refractivity contribution in [1.82, 2.24) is 30.2 Å². The third kappa shape index (κ3) is 8.43. The van der Waals surface area contributed by atoms with Gasteiger partial charge in [0.05, 0.1) is 11.3 Å². The van der Waals surface area contributed by atoms with Crippen LogP contribution in [0.25, 0.3) is 11.2 Å². The van der Waals surface area contributed by atoms with Crippen LogP contribution in [0, 0.1) is 10.1 Å². The highest BCUT2D eigenvalue weighted by Crippen LogP contribution is 2.46. The largest absolute Gasteiger partial charge is 0.408 e. The van der Waals surface area contributed by atoms with Crippen molar-refractivity contribution in [1.29, 1.82) is 0 Å². The number of amides is 4. The Balaban J connectivity index is 1.72. The number of rotatable bonds is 10. The zero-order valence-electron chi connectivity index (χ0n) is 30.1. The molecule has 268 valence electrons. The lowest BCUT2D eigenvalue weighted by Crippen LogP contribution is -2.54. The van der Waals surface area contributed by atoms with Gasteiger partial charge in [-0.15, -0.1) is 0 Å². The van der Waals surface area contributed by atoms with E-state index in [0.29, 0.717) is 16.9 Å². The van der Waals surface area contributed by atoms with Crippen LogP contribution in [0.1, 0.15) is 47.8 Å². The van der Waals surface area contributed by atoms with Gasteiger partial charge in [0.1, 0.15) is 24.6 Å². The van der Waals surface area contributed by atoms with Gasteiger partial charge in [-0.2, -0.15) is 0 Å². The standard InChI is InChI=1S/C31H49N9O7Si2/c1-30(2,3)48(8,9)46-23-21(16-33-28(41)32-7)45-27(24(23)47-49(10,11)31(4,5)6)39-18-36-22-25(34-17-35-26(22)39)38-29(42)37-19-12-14-20(15-13-19)40(43)44/h12-15,17-18,21,23-24,27H,16H2,1-11H3,(H2,32,33,41)(H2,34,35,37,38,42)/t21-,23-,24-,27-/m1/s1. The number of nitro benzene ring substituents is 1. The predicted molar refractivity (Wildman–Crippen MR) is 192 cm³/mol. The van der Waals surface area contributed by atoms with Gasteiger partial charge in [-0.3, -0.25) is 20.0 Å². The first kappa shape index (κ1) is 37.8. The molecule has 16 nitrogen and oxygen atoms in total. The highest BCUT2D eigenvalue weighted by Gasteiger charge is 2.54. The highest BCUT2D eigenvalue weighted by molar-refractivity contribution is 6.74. The average molecular weight is 716 g/mol. The number of carbonyl (C=O) groups is 2. The van der Waals surface area contributed by atoms with Crippen LogP contribution >= 0.6 is 0 Å². The van der Waals surface area contributed by atoms with Crippen LogP contribution in [0.5, 0.6) is 0 Å². The first-order valence-corrected chi connectivity index (χ1v) is 21.9. The first-order valence-electron chi connectivity index (χ1n) is 16.1. The second kappa shape index (κ2) is 14.1. The number of urea groups is 2. The lowest BCUT2D eigenvalue weighted by Gasteiger charge is -2.44. The molecule has 49 heavy (non-hydrogen) atoms. The summed E-state index contributed by atoms with van der Waals surface area (Å²) in [5.74, 6) is 0.148. The van der Waals surface area contributed by atoms with Gasteiger partial charge in [-0.25, -0.2) is 24.5 Å². The van der Waals surface area contributed by atoms with Crippen LogP contribution in [0.15, 0.2) is 36.9 Å². The molecule has 2 aromatic heterocycles. The van der Waals surface area contributed by atoms with Crippen molar-refractivity contribution in [2.75, 3.05) is 24.2 Å². The molecule has 1 aliphatic rings. The summed E-state index contributed by atoms with van der Waals surface area (Å²) in [6.45, 7) is 21.9. The number of nitrogens with zero attached hydrogens (tertiary/aromatic N) is 5. The van der Waals surface area contributed by atoms with Crippen molar-refractivity contribution in [2.45, 2.75) is 102 Å². The molecule has 0 spiro atoms. The molecular weight excluding hydrogens is 667 g/mol. The number of hydrogen-bond acceptors (Lipinski definition) is 10. The molecule has 3 aromatic rings. The maximum atomic E-state index is 12.9. The summed E-state index contributed by atoms with van der Waals surface area (Å²) in [5.41, 5.74) is 0.959. The Morgan fingerprint density at radius 2 is 1.51 bits per heavy atom. The number of hydrogen-bond donors (Lipinski definition) is 4. The second-order valence-corrected chi connectivity index (χ2v) is 24.7. The Morgan fingerprint density at radius 1 is 0.918 bits per heavy atom. The Kier molecular flexibility index (Phi) is 10.9. The topological polar surface area (TPSA) is 197 Å². The van der Waals surface area contributed by atoms with Crippen LogP contribution in [0.3, 0.4) is 0 Å². The molecule has 0 radical (unpaired) electrons. The highest BCUT2D eigenvalue weighted by atomic mass is 28.4. The molecule has 4 atom stereocenters. The van der Waals surface area contributed by atoms with Crippen molar-refractivity contribution in [3.8, 4) is 0 Å². The van der Waals surface area contributed by atoms with Crippen LogP contribution in [0.4, 0.5) is 26.8 Å². The van der Waals surface area contributed by atoms with E-state index < -0.39 is 52.1 Å². The Morgan fingerprint density at radius 3 is 2.06 bits per heavy atom. The van der Waals surface area contributed by atoms with Gasteiger partial charge in [-0.1, -0.05) is 41.5 Å². The Labute approximate surface area is 288 Å². The van der Waals surface area contributed by atoms with Gasteiger partial charge >= 0.3 is 12.1 Å². The maximum Gasteiger partial charge on any atom is 0.324 e. The fourth-order valence-electron chi connectivity index (χ4n) is 4.75. The summed E-state index contributed by atoms with van der Waals surface area (Å²) in [7, 11) is -3.26. The molecule has 1 aliphatic heterocycles.